The fourth-order valence-electron chi connectivity index (χ4n) is 0.729. The Morgan fingerprint density at radius 2 is 1.64 bits per heavy atom. The lowest BCUT2D eigenvalue weighted by Crippen LogP contribution is -1.99. The quantitative estimate of drug-likeness (QED) is 0.444. The summed E-state index contributed by atoms with van der Waals surface area (Å²) in [6.45, 7) is 0. The second-order valence-electron chi connectivity index (χ2n) is 2.24. The largest absolute Gasteiger partial charge is 0.335 e. The van der Waals surface area contributed by atoms with Gasteiger partial charge in [0.25, 0.3) is 0 Å². The van der Waals surface area contributed by atoms with Gasteiger partial charge in [0.1, 0.15) is 9.92 Å². The van der Waals surface area contributed by atoms with Crippen LogP contribution in [0.2, 0.25) is 10.0 Å². The maximum atomic E-state index is 12.9. The molecule has 78 valence electrons. The van der Waals surface area contributed by atoms with Gasteiger partial charge in [-0.3, -0.25) is 0 Å². The van der Waals surface area contributed by atoms with Crippen molar-refractivity contribution in [3.8, 4) is 0 Å². The second kappa shape index (κ2) is 3.60. The third-order valence-electron chi connectivity index (χ3n) is 1.33. The zero-order valence-electron chi connectivity index (χ0n) is 6.19. The molecule has 0 fully saturated rings. The van der Waals surface area contributed by atoms with Gasteiger partial charge in [-0.1, -0.05) is 23.2 Å². The highest BCUT2D eigenvalue weighted by molar-refractivity contribution is 7.86. The minimum Gasteiger partial charge on any atom is -0.204 e. The molecule has 0 spiro atoms. The minimum atomic E-state index is -5.31. The Morgan fingerprint density at radius 3 is 2.07 bits per heavy atom. The topological polar surface area (TPSA) is 34.1 Å². The van der Waals surface area contributed by atoms with E-state index in [-0.39, 0.29) is 0 Å². The highest BCUT2D eigenvalue weighted by Crippen LogP contribution is 2.31. The lowest BCUT2D eigenvalue weighted by atomic mass is 10.3. The number of hydrogen-bond acceptors (Lipinski definition) is 2. The predicted octanol–water partition coefficient (Wildman–Crippen LogP) is 2.93. The number of benzene rings is 1. The van der Waals surface area contributed by atoms with E-state index in [1.54, 1.807) is 0 Å². The first kappa shape index (κ1) is 11.6. The molecule has 0 radical (unpaired) electrons. The molecule has 1 rings (SSSR count). The standard InChI is InChI=1S/C6HCl2F3O2S/c7-2-1-3(14(11,12)13)6(10)4(8)5(2)9/h1H. The summed E-state index contributed by atoms with van der Waals surface area (Å²) in [7, 11) is -5.31. The average molecular weight is 265 g/mol. The predicted molar refractivity (Wildman–Crippen MR) is 44.7 cm³/mol. The molecule has 0 bridgehead atoms. The molecule has 0 aromatic heterocycles. The molecule has 0 N–H and O–H groups in total. The maximum absolute atomic E-state index is 12.9. The maximum Gasteiger partial charge on any atom is 0.335 e. The van der Waals surface area contributed by atoms with Crippen LogP contribution in [-0.2, 0) is 10.2 Å². The van der Waals surface area contributed by atoms with Gasteiger partial charge in [0.15, 0.2) is 11.6 Å². The highest BCUT2D eigenvalue weighted by atomic mass is 35.5. The van der Waals surface area contributed by atoms with Gasteiger partial charge in [0, 0.05) is 0 Å². The van der Waals surface area contributed by atoms with Crippen LogP contribution in [0.15, 0.2) is 11.0 Å². The van der Waals surface area contributed by atoms with Crippen molar-refractivity contribution in [3.63, 3.8) is 0 Å². The first-order chi connectivity index (χ1) is 6.25. The van der Waals surface area contributed by atoms with Crippen LogP contribution in [0.3, 0.4) is 0 Å². The zero-order valence-corrected chi connectivity index (χ0v) is 8.52. The molecule has 0 unspecified atom stereocenters. The molecule has 0 saturated heterocycles. The van der Waals surface area contributed by atoms with E-state index in [0.29, 0.717) is 6.07 Å². The third-order valence-corrected chi connectivity index (χ3v) is 2.76. The van der Waals surface area contributed by atoms with E-state index in [0.717, 1.165) is 0 Å². The molecule has 1 aromatic rings. The first-order valence-corrected chi connectivity index (χ1v) is 5.16. The Balaban J connectivity index is 3.66. The van der Waals surface area contributed by atoms with Gasteiger partial charge in [-0.25, -0.2) is 8.78 Å². The number of halogens is 5. The molecule has 0 amide bonds. The average Bonchev–Trinajstić information content (AvgIpc) is 2.06. The van der Waals surface area contributed by atoms with Crippen molar-refractivity contribution in [3.05, 3.63) is 27.7 Å². The molecule has 0 heterocycles. The van der Waals surface area contributed by atoms with Crippen LogP contribution in [0.4, 0.5) is 12.7 Å². The van der Waals surface area contributed by atoms with Gasteiger partial charge in [-0.2, -0.15) is 8.42 Å². The van der Waals surface area contributed by atoms with E-state index in [1.807, 2.05) is 0 Å². The summed E-state index contributed by atoms with van der Waals surface area (Å²) in [5.74, 6) is -3.03. The van der Waals surface area contributed by atoms with Gasteiger partial charge in [0.05, 0.1) is 5.02 Å². The summed E-state index contributed by atoms with van der Waals surface area (Å²) < 4.78 is 58.6. The van der Waals surface area contributed by atoms with E-state index in [9.17, 15) is 21.1 Å². The lowest BCUT2D eigenvalue weighted by Gasteiger charge is -2.02. The van der Waals surface area contributed by atoms with Crippen LogP contribution in [0, 0.1) is 11.6 Å². The summed E-state index contributed by atoms with van der Waals surface area (Å²) in [5, 5.41) is -1.93. The van der Waals surface area contributed by atoms with Gasteiger partial charge in [-0.15, -0.1) is 3.89 Å². The molecule has 0 aliphatic heterocycles. The fourth-order valence-corrected chi connectivity index (χ4v) is 1.88. The molecular weight excluding hydrogens is 264 g/mol. The molecule has 1 aromatic carbocycles. The monoisotopic (exact) mass is 264 g/mol. The zero-order chi connectivity index (χ0) is 11.1. The summed E-state index contributed by atoms with van der Waals surface area (Å²) in [5.41, 5.74) is 0. The van der Waals surface area contributed by atoms with E-state index >= 15 is 0 Å². The van der Waals surface area contributed by atoms with E-state index in [1.165, 1.54) is 0 Å². The highest BCUT2D eigenvalue weighted by Gasteiger charge is 2.24. The first-order valence-electron chi connectivity index (χ1n) is 3.03. The fraction of sp³-hybridized carbons (Fsp3) is 0. The van der Waals surface area contributed by atoms with Crippen molar-refractivity contribution >= 4 is 33.4 Å². The Morgan fingerprint density at radius 1 is 1.14 bits per heavy atom. The van der Waals surface area contributed by atoms with Crippen LogP contribution < -0.4 is 0 Å². The molecule has 0 aliphatic carbocycles. The minimum absolute atomic E-state index is 0.313. The van der Waals surface area contributed by atoms with Gasteiger partial charge >= 0.3 is 10.2 Å². The summed E-state index contributed by atoms with van der Waals surface area (Å²) in [6, 6.07) is 0.313. The molecule has 0 aliphatic rings. The molecule has 14 heavy (non-hydrogen) atoms. The van der Waals surface area contributed by atoms with Crippen LogP contribution >= 0.6 is 23.2 Å². The summed E-state index contributed by atoms with van der Waals surface area (Å²) in [6.07, 6.45) is 0. The Labute approximate surface area is 87.5 Å². The summed E-state index contributed by atoms with van der Waals surface area (Å²) in [4.78, 5) is -1.38. The van der Waals surface area contributed by atoms with Crippen LogP contribution in [0.5, 0.6) is 0 Å². The Hall–Kier alpha value is -0.460. The van der Waals surface area contributed by atoms with Crippen LogP contribution in [0.1, 0.15) is 0 Å². The Bertz CT molecular complexity index is 486. The van der Waals surface area contributed by atoms with Crippen molar-refractivity contribution in [1.82, 2.24) is 0 Å². The Kier molecular flexibility index (Phi) is 2.99. The van der Waals surface area contributed by atoms with Crippen molar-refractivity contribution in [2.24, 2.45) is 0 Å². The second-order valence-corrected chi connectivity index (χ2v) is 4.34. The van der Waals surface area contributed by atoms with Crippen molar-refractivity contribution in [2.75, 3.05) is 0 Å². The van der Waals surface area contributed by atoms with Crippen molar-refractivity contribution in [2.45, 2.75) is 4.90 Å². The van der Waals surface area contributed by atoms with Crippen molar-refractivity contribution < 1.29 is 21.1 Å². The molecule has 8 heteroatoms. The SMILES string of the molecule is O=S(=O)(F)c1cc(Cl)c(F)c(Cl)c1F. The molecule has 0 saturated carbocycles. The molecular formula is C6HCl2F3O2S. The molecule has 0 atom stereocenters. The normalized spacial score (nSPS) is 11.8. The van der Waals surface area contributed by atoms with E-state index in [2.05, 4.69) is 0 Å². The lowest BCUT2D eigenvalue weighted by molar-refractivity contribution is 0.526. The summed E-state index contributed by atoms with van der Waals surface area (Å²) >= 11 is 10.2. The van der Waals surface area contributed by atoms with E-state index < -0.39 is 36.8 Å². The number of hydrogen-bond donors (Lipinski definition) is 0. The van der Waals surface area contributed by atoms with Crippen molar-refractivity contribution in [1.29, 1.82) is 0 Å². The van der Waals surface area contributed by atoms with Crippen LogP contribution in [0.25, 0.3) is 0 Å². The van der Waals surface area contributed by atoms with Gasteiger partial charge in [0.2, 0.25) is 0 Å². The third kappa shape index (κ3) is 1.97. The van der Waals surface area contributed by atoms with E-state index in [4.69, 9.17) is 23.2 Å². The number of rotatable bonds is 1. The molecule has 2 nitrogen and oxygen atoms in total. The van der Waals surface area contributed by atoms with Gasteiger partial charge < -0.3 is 0 Å². The smallest absolute Gasteiger partial charge is 0.204 e. The van der Waals surface area contributed by atoms with Gasteiger partial charge in [-0.05, 0) is 6.07 Å². The van der Waals surface area contributed by atoms with Crippen LogP contribution in [-0.4, -0.2) is 8.42 Å².